The highest BCUT2D eigenvalue weighted by molar-refractivity contribution is 5.77. The molecule has 19 heavy (non-hydrogen) atoms. The third kappa shape index (κ3) is 5.86. The summed E-state index contributed by atoms with van der Waals surface area (Å²) < 4.78 is 5.24. The molecule has 0 aromatic rings. The zero-order chi connectivity index (χ0) is 14.3. The number of nitrogens with two attached hydrogens (primary N) is 1. The highest BCUT2D eigenvalue weighted by Gasteiger charge is 2.31. The van der Waals surface area contributed by atoms with Gasteiger partial charge in [0.1, 0.15) is 0 Å². The van der Waals surface area contributed by atoms with E-state index in [4.69, 9.17) is 10.5 Å². The minimum absolute atomic E-state index is 0.0617. The van der Waals surface area contributed by atoms with E-state index in [0.717, 1.165) is 6.42 Å². The molecule has 112 valence electrons. The van der Waals surface area contributed by atoms with Crippen LogP contribution in [0.2, 0.25) is 0 Å². The van der Waals surface area contributed by atoms with Crippen molar-refractivity contribution in [3.8, 4) is 0 Å². The van der Waals surface area contributed by atoms with Crippen LogP contribution in [0.4, 0.5) is 0 Å². The van der Waals surface area contributed by atoms with Gasteiger partial charge in [0.05, 0.1) is 12.1 Å². The van der Waals surface area contributed by atoms with Crippen LogP contribution in [0.1, 0.15) is 19.3 Å². The Hall–Kier alpha value is -0.690. The van der Waals surface area contributed by atoms with Crippen LogP contribution in [0.25, 0.3) is 0 Å². The van der Waals surface area contributed by atoms with Gasteiger partial charge in [0.25, 0.3) is 0 Å². The van der Waals surface area contributed by atoms with Crippen LogP contribution in [0, 0.1) is 0 Å². The van der Waals surface area contributed by atoms with E-state index in [-0.39, 0.29) is 5.91 Å². The number of carbonyl (C=O) groups excluding carboxylic acids is 1. The fourth-order valence-corrected chi connectivity index (χ4v) is 2.27. The molecular weight excluding hydrogens is 246 g/mol. The molecule has 0 saturated carbocycles. The predicted octanol–water partition coefficient (Wildman–Crippen LogP) is -0.733. The average molecular weight is 273 g/mol. The summed E-state index contributed by atoms with van der Waals surface area (Å²) in [6.07, 6.45) is 2.08. The van der Waals surface area contributed by atoms with Crippen molar-refractivity contribution in [2.24, 2.45) is 5.73 Å². The maximum Gasteiger partial charge on any atom is 0.236 e. The van der Waals surface area contributed by atoms with E-state index in [2.05, 4.69) is 0 Å². The fraction of sp³-hybridized carbons (Fsp3) is 0.923. The lowest BCUT2D eigenvalue weighted by Gasteiger charge is -2.35. The molecule has 1 rings (SSSR count). The van der Waals surface area contributed by atoms with Gasteiger partial charge in [-0.3, -0.25) is 9.69 Å². The molecule has 3 N–H and O–H groups in total. The molecule has 0 bridgehead atoms. The molecular formula is C13H27N3O3. The Morgan fingerprint density at radius 3 is 2.58 bits per heavy atom. The molecule has 1 fully saturated rings. The van der Waals surface area contributed by atoms with Gasteiger partial charge < -0.3 is 20.5 Å². The molecule has 0 aromatic carbocycles. The van der Waals surface area contributed by atoms with Gasteiger partial charge in [0.15, 0.2) is 0 Å². The van der Waals surface area contributed by atoms with Gasteiger partial charge in [-0.1, -0.05) is 0 Å². The van der Waals surface area contributed by atoms with Crippen molar-refractivity contribution < 1.29 is 14.6 Å². The SMILES string of the molecule is CN(CC(=O)N(C)CCCN)CC1(O)CCOCC1. The number of likely N-dealkylation sites (N-methyl/N-ethyl adjacent to an activating group) is 2. The van der Waals surface area contributed by atoms with Crippen LogP contribution in [0.15, 0.2) is 0 Å². The van der Waals surface area contributed by atoms with Crippen molar-refractivity contribution in [3.63, 3.8) is 0 Å². The summed E-state index contributed by atoms with van der Waals surface area (Å²) in [6, 6.07) is 0. The molecule has 0 spiro atoms. The molecule has 1 saturated heterocycles. The van der Waals surface area contributed by atoms with Crippen molar-refractivity contribution in [2.45, 2.75) is 24.9 Å². The number of rotatable bonds is 7. The summed E-state index contributed by atoms with van der Waals surface area (Å²) in [6.45, 7) is 3.29. The van der Waals surface area contributed by atoms with E-state index < -0.39 is 5.60 Å². The highest BCUT2D eigenvalue weighted by atomic mass is 16.5. The smallest absolute Gasteiger partial charge is 0.236 e. The van der Waals surface area contributed by atoms with Crippen LogP contribution >= 0.6 is 0 Å². The second kappa shape index (κ2) is 7.79. The van der Waals surface area contributed by atoms with Crippen molar-refractivity contribution in [1.82, 2.24) is 9.80 Å². The Labute approximate surface area is 115 Å². The first-order chi connectivity index (χ1) is 8.97. The highest BCUT2D eigenvalue weighted by Crippen LogP contribution is 2.21. The van der Waals surface area contributed by atoms with Crippen LogP contribution in [0.5, 0.6) is 0 Å². The maximum absolute atomic E-state index is 11.9. The summed E-state index contributed by atoms with van der Waals surface area (Å²) in [7, 11) is 3.65. The average Bonchev–Trinajstić information content (AvgIpc) is 2.35. The molecule has 0 atom stereocenters. The molecule has 1 aliphatic rings. The number of amides is 1. The lowest BCUT2D eigenvalue weighted by atomic mass is 9.94. The molecule has 0 radical (unpaired) electrons. The molecule has 1 amide bonds. The van der Waals surface area contributed by atoms with Gasteiger partial charge in [0.2, 0.25) is 5.91 Å². The zero-order valence-corrected chi connectivity index (χ0v) is 12.1. The minimum atomic E-state index is -0.719. The van der Waals surface area contributed by atoms with Crippen molar-refractivity contribution in [3.05, 3.63) is 0 Å². The first kappa shape index (κ1) is 16.4. The van der Waals surface area contributed by atoms with Crippen molar-refractivity contribution in [1.29, 1.82) is 0 Å². The second-order valence-electron chi connectivity index (χ2n) is 5.47. The monoisotopic (exact) mass is 273 g/mol. The van der Waals surface area contributed by atoms with Gasteiger partial charge in [-0.25, -0.2) is 0 Å². The maximum atomic E-state index is 11.9. The first-order valence-electron chi connectivity index (χ1n) is 6.89. The normalized spacial score (nSPS) is 18.6. The van der Waals surface area contributed by atoms with Crippen LogP contribution in [-0.4, -0.2) is 79.9 Å². The number of hydrogen-bond acceptors (Lipinski definition) is 5. The number of aliphatic hydroxyl groups is 1. The van der Waals surface area contributed by atoms with E-state index in [0.29, 0.717) is 52.2 Å². The van der Waals surface area contributed by atoms with Crippen molar-refractivity contribution in [2.75, 3.05) is 53.5 Å². The quantitative estimate of drug-likeness (QED) is 0.639. The van der Waals surface area contributed by atoms with E-state index in [1.807, 2.05) is 11.9 Å². The zero-order valence-electron chi connectivity index (χ0n) is 12.1. The Morgan fingerprint density at radius 2 is 2.00 bits per heavy atom. The standard InChI is InChI=1S/C13H27N3O3/c1-15(10-12(17)16(2)7-3-6-14)11-13(18)4-8-19-9-5-13/h18H,3-11,14H2,1-2H3. The summed E-state index contributed by atoms with van der Waals surface area (Å²) in [4.78, 5) is 15.5. The number of ether oxygens (including phenoxy) is 1. The predicted molar refractivity (Wildman–Crippen MR) is 73.8 cm³/mol. The number of carbonyl (C=O) groups is 1. The Morgan fingerprint density at radius 1 is 1.37 bits per heavy atom. The molecule has 1 aliphatic heterocycles. The van der Waals surface area contributed by atoms with E-state index in [1.165, 1.54) is 0 Å². The van der Waals surface area contributed by atoms with Gasteiger partial charge in [-0.15, -0.1) is 0 Å². The summed E-state index contributed by atoms with van der Waals surface area (Å²) in [5.74, 6) is 0.0617. The third-order valence-corrected chi connectivity index (χ3v) is 3.52. The summed E-state index contributed by atoms with van der Waals surface area (Å²) >= 11 is 0. The van der Waals surface area contributed by atoms with Crippen LogP contribution < -0.4 is 5.73 Å². The third-order valence-electron chi connectivity index (χ3n) is 3.52. The van der Waals surface area contributed by atoms with Crippen molar-refractivity contribution >= 4 is 5.91 Å². The van der Waals surface area contributed by atoms with Gasteiger partial charge in [-0.05, 0) is 20.0 Å². The van der Waals surface area contributed by atoms with Crippen LogP contribution in [0.3, 0.4) is 0 Å². The molecule has 6 heteroatoms. The molecule has 0 unspecified atom stereocenters. The molecule has 1 heterocycles. The molecule has 6 nitrogen and oxygen atoms in total. The van der Waals surface area contributed by atoms with E-state index in [9.17, 15) is 9.90 Å². The van der Waals surface area contributed by atoms with E-state index in [1.54, 1.807) is 11.9 Å². The van der Waals surface area contributed by atoms with Crippen LogP contribution in [-0.2, 0) is 9.53 Å². The Balaban J connectivity index is 2.33. The topological polar surface area (TPSA) is 79.0 Å². The van der Waals surface area contributed by atoms with Gasteiger partial charge >= 0.3 is 0 Å². The Kier molecular flexibility index (Phi) is 6.71. The molecule has 0 aromatic heterocycles. The minimum Gasteiger partial charge on any atom is -0.388 e. The number of nitrogens with zero attached hydrogens (tertiary/aromatic N) is 2. The van der Waals surface area contributed by atoms with Gasteiger partial charge in [0, 0.05) is 46.2 Å². The van der Waals surface area contributed by atoms with Gasteiger partial charge in [-0.2, -0.15) is 0 Å². The summed E-state index contributed by atoms with van der Waals surface area (Å²) in [5, 5.41) is 10.4. The molecule has 0 aliphatic carbocycles. The number of hydrogen-bond donors (Lipinski definition) is 2. The fourth-order valence-electron chi connectivity index (χ4n) is 2.27. The Bertz CT molecular complexity index is 280. The summed E-state index contributed by atoms with van der Waals surface area (Å²) in [5.41, 5.74) is 4.71. The lowest BCUT2D eigenvalue weighted by molar-refractivity contribution is -0.132. The lowest BCUT2D eigenvalue weighted by Crippen LogP contribution is -2.48. The largest absolute Gasteiger partial charge is 0.388 e. The first-order valence-corrected chi connectivity index (χ1v) is 6.89. The van der Waals surface area contributed by atoms with E-state index >= 15 is 0 Å². The second-order valence-corrected chi connectivity index (χ2v) is 5.47.